The molecule has 1 aromatic heterocycles. The normalized spacial score (nSPS) is 11.7. The van der Waals surface area contributed by atoms with E-state index in [1.807, 2.05) is 6.07 Å². The Morgan fingerprint density at radius 3 is 2.68 bits per heavy atom. The van der Waals surface area contributed by atoms with Gasteiger partial charge in [-0.1, -0.05) is 6.07 Å². The molecule has 0 aliphatic carbocycles. The number of benzene rings is 1. The van der Waals surface area contributed by atoms with Gasteiger partial charge in [0.25, 0.3) is 0 Å². The molecule has 0 saturated carbocycles. The highest BCUT2D eigenvalue weighted by Crippen LogP contribution is 2.29. The predicted octanol–water partition coefficient (Wildman–Crippen LogP) is 3.13. The molecule has 0 aliphatic rings. The summed E-state index contributed by atoms with van der Waals surface area (Å²) in [6.07, 6.45) is -2.87. The van der Waals surface area contributed by atoms with Crippen molar-refractivity contribution in [2.75, 3.05) is 20.2 Å². The summed E-state index contributed by atoms with van der Waals surface area (Å²) in [5.74, 6) is 0.0204. The molecule has 2 rings (SSSR count). The van der Waals surface area contributed by atoms with Gasteiger partial charge in [0, 0.05) is 23.6 Å². The minimum absolute atomic E-state index is 0.0117. The monoisotopic (exact) mass is 314 g/mol. The predicted molar refractivity (Wildman–Crippen MR) is 76.9 cm³/mol. The first-order valence-corrected chi connectivity index (χ1v) is 6.83. The number of alkyl halides is 3. The molecule has 1 N–H and O–H groups in total. The van der Waals surface area contributed by atoms with E-state index in [0.717, 1.165) is 15.8 Å². The molecule has 0 fully saturated rings. The van der Waals surface area contributed by atoms with Gasteiger partial charge in [0.1, 0.15) is 12.3 Å². The summed E-state index contributed by atoms with van der Waals surface area (Å²) in [6.45, 7) is 0.305. The first kappa shape index (κ1) is 16.2. The largest absolute Gasteiger partial charge is 0.496 e. The number of H-pyrrole nitrogens is 1. The van der Waals surface area contributed by atoms with Gasteiger partial charge in [-0.05, 0) is 24.6 Å². The number of amides is 1. The first-order chi connectivity index (χ1) is 10.4. The lowest BCUT2D eigenvalue weighted by Gasteiger charge is -2.22. The Hall–Kier alpha value is -2.18. The minimum atomic E-state index is -4.40. The van der Waals surface area contributed by atoms with Crippen LogP contribution in [0.1, 0.15) is 12.5 Å². The number of nitrogens with one attached hydrogen (secondary N) is 1. The van der Waals surface area contributed by atoms with Crippen molar-refractivity contribution >= 4 is 16.8 Å². The first-order valence-electron chi connectivity index (χ1n) is 6.83. The Kier molecular flexibility index (Phi) is 4.63. The summed E-state index contributed by atoms with van der Waals surface area (Å²) in [5, 5.41) is 0.724. The van der Waals surface area contributed by atoms with E-state index in [4.69, 9.17) is 4.74 Å². The maximum atomic E-state index is 12.5. The number of hydrogen-bond donors (Lipinski definition) is 1. The van der Waals surface area contributed by atoms with Gasteiger partial charge in [0.2, 0.25) is 5.91 Å². The van der Waals surface area contributed by atoms with Crippen molar-refractivity contribution in [1.29, 1.82) is 0 Å². The lowest BCUT2D eigenvalue weighted by molar-refractivity contribution is -0.160. The molecule has 0 bridgehead atoms. The SMILES string of the molecule is CCN(CC(F)(F)F)C(=O)Cc1c[nH]c2cccc(OC)c12. The molecular weight excluding hydrogens is 297 g/mol. The number of aromatic amines is 1. The second-order valence-corrected chi connectivity index (χ2v) is 4.90. The minimum Gasteiger partial charge on any atom is -0.496 e. The van der Waals surface area contributed by atoms with E-state index in [-0.39, 0.29) is 13.0 Å². The Morgan fingerprint density at radius 2 is 2.09 bits per heavy atom. The van der Waals surface area contributed by atoms with Crippen LogP contribution in [0.4, 0.5) is 13.2 Å². The van der Waals surface area contributed by atoms with Gasteiger partial charge in [-0.25, -0.2) is 0 Å². The quantitative estimate of drug-likeness (QED) is 0.921. The molecule has 0 aliphatic heterocycles. The summed E-state index contributed by atoms with van der Waals surface area (Å²) in [6, 6.07) is 5.36. The lowest BCUT2D eigenvalue weighted by Crippen LogP contribution is -2.39. The molecule has 22 heavy (non-hydrogen) atoms. The maximum absolute atomic E-state index is 12.5. The van der Waals surface area contributed by atoms with Crippen molar-refractivity contribution in [2.24, 2.45) is 0 Å². The third-order valence-corrected chi connectivity index (χ3v) is 3.42. The average Bonchev–Trinajstić information content (AvgIpc) is 2.87. The number of nitrogens with zero attached hydrogens (tertiary/aromatic N) is 1. The lowest BCUT2D eigenvalue weighted by atomic mass is 10.1. The van der Waals surface area contributed by atoms with Crippen LogP contribution in [-0.2, 0) is 11.2 Å². The van der Waals surface area contributed by atoms with Gasteiger partial charge in [-0.15, -0.1) is 0 Å². The van der Waals surface area contributed by atoms with Crippen LogP contribution < -0.4 is 4.74 Å². The van der Waals surface area contributed by atoms with Crippen molar-refractivity contribution in [3.8, 4) is 5.75 Å². The van der Waals surface area contributed by atoms with E-state index in [1.165, 1.54) is 14.0 Å². The Balaban J connectivity index is 2.25. The van der Waals surface area contributed by atoms with Crippen LogP contribution in [0.25, 0.3) is 10.9 Å². The van der Waals surface area contributed by atoms with E-state index in [1.54, 1.807) is 18.3 Å². The fraction of sp³-hybridized carbons (Fsp3) is 0.400. The fourth-order valence-electron chi connectivity index (χ4n) is 2.40. The number of aromatic nitrogens is 1. The Labute approximate surface area is 125 Å². The molecule has 1 heterocycles. The Morgan fingerprint density at radius 1 is 1.36 bits per heavy atom. The third-order valence-electron chi connectivity index (χ3n) is 3.42. The van der Waals surface area contributed by atoms with E-state index in [9.17, 15) is 18.0 Å². The topological polar surface area (TPSA) is 45.3 Å². The molecule has 2 aromatic rings. The molecule has 4 nitrogen and oxygen atoms in total. The highest BCUT2D eigenvalue weighted by molar-refractivity contribution is 5.93. The Bertz CT molecular complexity index is 664. The zero-order valence-electron chi connectivity index (χ0n) is 12.3. The molecular formula is C15H17F3N2O2. The van der Waals surface area contributed by atoms with Crippen LogP contribution >= 0.6 is 0 Å². The van der Waals surface area contributed by atoms with E-state index in [2.05, 4.69) is 4.98 Å². The van der Waals surface area contributed by atoms with Gasteiger partial charge in [0.05, 0.1) is 13.5 Å². The number of carbonyl (C=O) groups is 1. The van der Waals surface area contributed by atoms with E-state index >= 15 is 0 Å². The van der Waals surface area contributed by atoms with Crippen LogP contribution in [0, 0.1) is 0 Å². The number of ether oxygens (including phenoxy) is 1. The number of halogens is 3. The average molecular weight is 314 g/mol. The van der Waals surface area contributed by atoms with Crippen LogP contribution in [-0.4, -0.2) is 42.2 Å². The second-order valence-electron chi connectivity index (χ2n) is 4.90. The molecule has 0 radical (unpaired) electrons. The summed E-state index contributed by atoms with van der Waals surface area (Å²) < 4.78 is 42.7. The van der Waals surface area contributed by atoms with Crippen LogP contribution in [0.15, 0.2) is 24.4 Å². The summed E-state index contributed by atoms with van der Waals surface area (Å²) in [4.78, 5) is 15.9. The zero-order chi connectivity index (χ0) is 16.3. The standard InChI is InChI=1S/C15H17F3N2O2/c1-3-20(9-15(16,17)18)13(21)7-10-8-19-11-5-4-6-12(22-2)14(10)11/h4-6,8,19H,3,7,9H2,1-2H3. The summed E-state index contributed by atoms with van der Waals surface area (Å²) in [5.41, 5.74) is 1.40. The van der Waals surface area contributed by atoms with Crippen LogP contribution in [0.2, 0.25) is 0 Å². The molecule has 120 valence electrons. The molecule has 0 atom stereocenters. The van der Waals surface area contributed by atoms with Gasteiger partial charge in [-0.2, -0.15) is 13.2 Å². The van der Waals surface area contributed by atoms with Crippen molar-refractivity contribution in [3.63, 3.8) is 0 Å². The summed E-state index contributed by atoms with van der Waals surface area (Å²) in [7, 11) is 1.51. The fourth-order valence-corrected chi connectivity index (χ4v) is 2.40. The number of rotatable bonds is 5. The highest BCUT2D eigenvalue weighted by Gasteiger charge is 2.32. The maximum Gasteiger partial charge on any atom is 0.406 e. The molecule has 7 heteroatoms. The molecule has 1 amide bonds. The van der Waals surface area contributed by atoms with Crippen molar-refractivity contribution in [1.82, 2.24) is 9.88 Å². The van der Waals surface area contributed by atoms with E-state index < -0.39 is 18.6 Å². The van der Waals surface area contributed by atoms with Crippen molar-refractivity contribution in [2.45, 2.75) is 19.5 Å². The number of carbonyl (C=O) groups excluding carboxylic acids is 1. The molecule has 0 unspecified atom stereocenters. The number of methoxy groups -OCH3 is 1. The molecule has 0 spiro atoms. The smallest absolute Gasteiger partial charge is 0.406 e. The number of likely N-dealkylation sites (N-methyl/N-ethyl adjacent to an activating group) is 1. The van der Waals surface area contributed by atoms with Gasteiger partial charge >= 0.3 is 6.18 Å². The highest BCUT2D eigenvalue weighted by atomic mass is 19.4. The van der Waals surface area contributed by atoms with Crippen LogP contribution in [0.5, 0.6) is 5.75 Å². The molecule has 0 saturated heterocycles. The third kappa shape index (κ3) is 3.52. The second kappa shape index (κ2) is 6.29. The van der Waals surface area contributed by atoms with Crippen LogP contribution in [0.3, 0.4) is 0 Å². The van der Waals surface area contributed by atoms with Gasteiger partial charge in [0.15, 0.2) is 0 Å². The van der Waals surface area contributed by atoms with Gasteiger partial charge in [-0.3, -0.25) is 4.79 Å². The van der Waals surface area contributed by atoms with Gasteiger partial charge < -0.3 is 14.6 Å². The summed E-state index contributed by atoms with van der Waals surface area (Å²) >= 11 is 0. The zero-order valence-corrected chi connectivity index (χ0v) is 12.3. The number of fused-ring (bicyclic) bond motifs is 1. The van der Waals surface area contributed by atoms with E-state index in [0.29, 0.717) is 11.3 Å². The molecule has 1 aromatic carbocycles. The van der Waals surface area contributed by atoms with Crippen molar-refractivity contribution in [3.05, 3.63) is 30.0 Å². The number of hydrogen-bond acceptors (Lipinski definition) is 2. The van der Waals surface area contributed by atoms with Crippen molar-refractivity contribution < 1.29 is 22.7 Å².